The Hall–Kier alpha value is -8.37. The molecule has 11 aromatic carbocycles. The van der Waals surface area contributed by atoms with Gasteiger partial charge in [0.2, 0.25) is 0 Å². The summed E-state index contributed by atoms with van der Waals surface area (Å²) in [6, 6.07) is 94.7. The van der Waals surface area contributed by atoms with Crippen LogP contribution in [0.5, 0.6) is 0 Å². The Balaban J connectivity index is 1.12. The van der Waals surface area contributed by atoms with Crippen molar-refractivity contribution in [2.75, 3.05) is 4.90 Å². The van der Waals surface area contributed by atoms with Gasteiger partial charge in [-0.1, -0.05) is 206 Å². The summed E-state index contributed by atoms with van der Waals surface area (Å²) in [4.78, 5) is 5.14. The normalized spacial score (nSPS) is 13.1. The van der Waals surface area contributed by atoms with Gasteiger partial charge in [0.15, 0.2) is 0 Å². The molecule has 0 saturated carbocycles. The molecule has 0 fully saturated rings. The number of hydrogen-bond acceptors (Lipinski definition) is 2. The molecule has 0 N–H and O–H groups in total. The van der Waals surface area contributed by atoms with Gasteiger partial charge in [-0.3, -0.25) is 0 Å². The number of hydrogen-bond donors (Lipinski definition) is 0. The summed E-state index contributed by atoms with van der Waals surface area (Å²) in [6.45, 7) is 0. The van der Waals surface area contributed by atoms with E-state index < -0.39 is 5.41 Å². The van der Waals surface area contributed by atoms with E-state index in [-0.39, 0.29) is 0 Å². The summed E-state index contributed by atoms with van der Waals surface area (Å²) in [5.41, 5.74) is 18.6. The van der Waals surface area contributed by atoms with Crippen molar-refractivity contribution in [3.8, 4) is 39.1 Å². The maximum Gasteiger partial charge on any atom is 0.0736 e. The van der Waals surface area contributed by atoms with E-state index in [2.05, 4.69) is 264 Å². The second-order valence-corrected chi connectivity index (χ2v) is 19.0. The number of fused-ring (bicyclic) bond motifs is 11. The lowest BCUT2D eigenvalue weighted by Crippen LogP contribution is -2.36. The summed E-state index contributed by atoms with van der Waals surface area (Å²) in [6.07, 6.45) is 0. The highest BCUT2D eigenvalue weighted by atomic mass is 32.2. The number of nitrogens with zero attached hydrogens (tertiary/aromatic N) is 2. The molecular weight excluding hydrogens is 841 g/mol. The minimum Gasteiger partial charge on any atom is -0.309 e. The molecule has 1 aliphatic heterocycles. The maximum atomic E-state index is 2.56. The second-order valence-electron chi connectivity index (χ2n) is 17.9. The van der Waals surface area contributed by atoms with Crippen molar-refractivity contribution in [3.63, 3.8) is 0 Å². The molecular formula is C65H42N2S. The third-order valence-corrected chi connectivity index (χ3v) is 15.6. The summed E-state index contributed by atoms with van der Waals surface area (Å²) in [5.74, 6) is 0. The van der Waals surface area contributed by atoms with Crippen molar-refractivity contribution in [3.05, 3.63) is 277 Å². The summed E-state index contributed by atoms with van der Waals surface area (Å²) in [5, 5.41) is 5.00. The van der Waals surface area contributed by atoms with Crippen molar-refractivity contribution >= 4 is 61.4 Å². The lowest BCUT2D eigenvalue weighted by Gasteiger charge is -2.46. The highest BCUT2D eigenvalue weighted by molar-refractivity contribution is 7.99. The Morgan fingerprint density at radius 3 is 1.59 bits per heavy atom. The smallest absolute Gasteiger partial charge is 0.0736 e. The fourth-order valence-corrected chi connectivity index (χ4v) is 12.9. The second kappa shape index (κ2) is 15.4. The van der Waals surface area contributed by atoms with Crippen LogP contribution in [-0.2, 0) is 5.41 Å². The molecule has 0 radical (unpaired) electrons. The topological polar surface area (TPSA) is 8.17 Å². The molecule has 0 unspecified atom stereocenters. The highest BCUT2D eigenvalue weighted by Gasteiger charge is 2.49. The van der Waals surface area contributed by atoms with Gasteiger partial charge in [0.1, 0.15) is 0 Å². The van der Waals surface area contributed by atoms with Crippen LogP contribution in [0.3, 0.4) is 0 Å². The monoisotopic (exact) mass is 882 g/mol. The number of para-hydroxylation sites is 3. The molecule has 2 nitrogen and oxygen atoms in total. The molecule has 1 aliphatic carbocycles. The number of anilines is 3. The number of rotatable bonds is 6. The molecule has 3 heteroatoms. The minimum atomic E-state index is -0.600. The molecule has 0 atom stereocenters. The zero-order valence-corrected chi connectivity index (χ0v) is 37.9. The van der Waals surface area contributed by atoms with E-state index in [1.54, 1.807) is 0 Å². The van der Waals surface area contributed by atoms with Crippen LogP contribution in [0.15, 0.2) is 265 Å². The summed E-state index contributed by atoms with van der Waals surface area (Å²) >= 11 is 1.89. The van der Waals surface area contributed by atoms with Crippen LogP contribution in [0.1, 0.15) is 22.3 Å². The highest BCUT2D eigenvalue weighted by Crippen LogP contribution is 2.62. The fourth-order valence-electron chi connectivity index (χ4n) is 11.7. The third kappa shape index (κ3) is 5.66. The largest absolute Gasteiger partial charge is 0.309 e. The minimum absolute atomic E-state index is 0.600. The van der Waals surface area contributed by atoms with Gasteiger partial charge in [0.25, 0.3) is 0 Å². The van der Waals surface area contributed by atoms with Crippen molar-refractivity contribution in [2.45, 2.75) is 15.2 Å². The van der Waals surface area contributed by atoms with Crippen molar-refractivity contribution in [2.24, 2.45) is 0 Å². The van der Waals surface area contributed by atoms with Crippen LogP contribution < -0.4 is 4.90 Å². The Kier molecular flexibility index (Phi) is 8.77. The van der Waals surface area contributed by atoms with Crippen molar-refractivity contribution in [1.82, 2.24) is 4.57 Å². The van der Waals surface area contributed by atoms with E-state index in [0.29, 0.717) is 0 Å². The average Bonchev–Trinajstić information content (AvgIpc) is 3.74. The van der Waals surface area contributed by atoms with E-state index in [4.69, 9.17) is 0 Å². The van der Waals surface area contributed by atoms with Crippen molar-refractivity contribution < 1.29 is 0 Å². The quantitative estimate of drug-likeness (QED) is 0.164. The maximum absolute atomic E-state index is 2.56. The average molecular weight is 883 g/mol. The fraction of sp³-hybridized carbons (Fsp3) is 0.0154. The van der Waals surface area contributed by atoms with E-state index in [1.807, 2.05) is 11.8 Å². The molecule has 68 heavy (non-hydrogen) atoms. The first kappa shape index (κ1) is 38.9. The van der Waals surface area contributed by atoms with Crippen LogP contribution in [0.25, 0.3) is 71.6 Å². The molecule has 2 aliphatic rings. The molecule has 14 rings (SSSR count). The van der Waals surface area contributed by atoms with Gasteiger partial charge < -0.3 is 9.47 Å². The molecule has 1 aromatic heterocycles. The zero-order chi connectivity index (χ0) is 44.8. The zero-order valence-electron chi connectivity index (χ0n) is 37.1. The van der Waals surface area contributed by atoms with Gasteiger partial charge in [0.05, 0.1) is 22.1 Å². The van der Waals surface area contributed by atoms with Gasteiger partial charge >= 0.3 is 0 Å². The van der Waals surface area contributed by atoms with Crippen LogP contribution in [0, 0.1) is 0 Å². The van der Waals surface area contributed by atoms with Gasteiger partial charge in [-0.05, 0) is 116 Å². The number of benzene rings is 11. The van der Waals surface area contributed by atoms with E-state index in [1.165, 1.54) is 75.7 Å². The molecule has 12 aromatic rings. The Bertz CT molecular complexity index is 3840. The number of aromatic nitrogens is 1. The van der Waals surface area contributed by atoms with E-state index >= 15 is 0 Å². The van der Waals surface area contributed by atoms with E-state index in [9.17, 15) is 0 Å². The van der Waals surface area contributed by atoms with Crippen molar-refractivity contribution in [1.29, 1.82) is 0 Å². The summed E-state index contributed by atoms with van der Waals surface area (Å²) in [7, 11) is 0. The summed E-state index contributed by atoms with van der Waals surface area (Å²) < 4.78 is 2.41. The van der Waals surface area contributed by atoms with Gasteiger partial charge in [-0.15, -0.1) is 0 Å². The lowest BCUT2D eigenvalue weighted by molar-refractivity contribution is 0.707. The Morgan fingerprint density at radius 2 is 0.882 bits per heavy atom. The van der Waals surface area contributed by atoms with E-state index in [0.717, 1.165) is 45.0 Å². The van der Waals surface area contributed by atoms with Crippen LogP contribution in [0.2, 0.25) is 0 Å². The Morgan fingerprint density at radius 1 is 0.353 bits per heavy atom. The molecule has 0 bridgehead atoms. The SMILES string of the molecule is c1ccc(-c2cccc(-c3ccccc3)c2N(c2ccc3c(c2)C2(c4ccccc4Sc4ccccc42)c2cccc4cccc-3c24)c2ccc3c(c2)c2ccccc2n3-c2ccccc2)cc1. The predicted molar refractivity (Wildman–Crippen MR) is 285 cm³/mol. The van der Waals surface area contributed by atoms with Gasteiger partial charge in [0, 0.05) is 48.8 Å². The standard InChI is InChI=1S/C65H42N2S/c1-4-19-43(20-5-1)49-28-18-29-50(44-21-6-2-7-22-44)64(49)66(47-38-40-60-54(41-47)52-27-10-13-34-59(52)67(60)46-25-8-3-9-26-46)48-37-39-51-53-30-16-23-45-24-17-33-57(63(45)53)65(58(51)42-48)55-31-11-14-35-61(55)68-62-36-15-12-32-56(62)65/h1-42H. The predicted octanol–water partition coefficient (Wildman–Crippen LogP) is 17.6. The molecule has 2 heterocycles. The molecule has 0 amide bonds. The first-order valence-electron chi connectivity index (χ1n) is 23.4. The van der Waals surface area contributed by atoms with Crippen LogP contribution in [0.4, 0.5) is 17.1 Å². The van der Waals surface area contributed by atoms with Crippen LogP contribution >= 0.6 is 11.8 Å². The Labute approximate surface area is 400 Å². The first-order chi connectivity index (χ1) is 33.8. The molecule has 0 saturated heterocycles. The third-order valence-electron chi connectivity index (χ3n) is 14.4. The molecule has 318 valence electrons. The van der Waals surface area contributed by atoms with Gasteiger partial charge in [-0.25, -0.2) is 0 Å². The van der Waals surface area contributed by atoms with Crippen LogP contribution in [-0.4, -0.2) is 4.57 Å². The first-order valence-corrected chi connectivity index (χ1v) is 24.2. The molecule has 1 spiro atoms. The lowest BCUT2D eigenvalue weighted by atomic mass is 9.59. The van der Waals surface area contributed by atoms with Gasteiger partial charge in [-0.2, -0.15) is 0 Å².